The van der Waals surface area contributed by atoms with Crippen molar-refractivity contribution in [1.82, 2.24) is 4.98 Å². The van der Waals surface area contributed by atoms with Gasteiger partial charge in [-0.3, -0.25) is 4.72 Å². The predicted octanol–water partition coefficient (Wildman–Crippen LogP) is 3.45. The Balaban J connectivity index is 2.38. The predicted molar refractivity (Wildman–Crippen MR) is 86.4 cm³/mol. The van der Waals surface area contributed by atoms with Crippen molar-refractivity contribution in [1.29, 1.82) is 0 Å². The minimum Gasteiger partial charge on any atom is -0.373 e. The molecule has 0 aliphatic heterocycles. The smallest absolute Gasteiger partial charge is 0.262 e. The van der Waals surface area contributed by atoms with Gasteiger partial charge in [0, 0.05) is 28.3 Å². The number of sulfonamides is 1. The number of hydrogen-bond acceptors (Lipinski definition) is 4. The standard InChI is InChI=1S/C12H11Br2N3O2S/c1-15-12-7-9(4-5-16-12)20(18,19)17-11-6-8(13)2-3-10(11)14/h2-7,17H,1H3,(H,15,16). The molecule has 1 aromatic carbocycles. The highest BCUT2D eigenvalue weighted by molar-refractivity contribution is 9.11. The van der Waals surface area contributed by atoms with Crippen LogP contribution in [0.3, 0.4) is 0 Å². The molecular weight excluding hydrogens is 410 g/mol. The van der Waals surface area contributed by atoms with Crippen LogP contribution in [0.5, 0.6) is 0 Å². The molecule has 0 aliphatic rings. The monoisotopic (exact) mass is 419 g/mol. The van der Waals surface area contributed by atoms with E-state index in [0.717, 1.165) is 4.47 Å². The molecule has 0 saturated carbocycles. The van der Waals surface area contributed by atoms with Crippen LogP contribution in [0, 0.1) is 0 Å². The fourth-order valence-corrected chi connectivity index (χ4v) is 3.42. The molecule has 0 amide bonds. The fourth-order valence-electron chi connectivity index (χ4n) is 1.49. The lowest BCUT2D eigenvalue weighted by Crippen LogP contribution is -2.13. The minimum absolute atomic E-state index is 0.142. The molecule has 5 nitrogen and oxygen atoms in total. The Bertz CT molecular complexity index is 735. The number of rotatable bonds is 4. The Kier molecular flexibility index (Phi) is 4.66. The van der Waals surface area contributed by atoms with Crippen LogP contribution in [0.15, 0.2) is 50.4 Å². The summed E-state index contributed by atoms with van der Waals surface area (Å²) in [6.45, 7) is 0. The van der Waals surface area contributed by atoms with E-state index in [4.69, 9.17) is 0 Å². The quantitative estimate of drug-likeness (QED) is 0.794. The van der Waals surface area contributed by atoms with E-state index in [1.165, 1.54) is 18.3 Å². The van der Waals surface area contributed by atoms with Crippen molar-refractivity contribution in [2.45, 2.75) is 4.90 Å². The summed E-state index contributed by atoms with van der Waals surface area (Å²) in [6.07, 6.45) is 1.44. The summed E-state index contributed by atoms with van der Waals surface area (Å²) in [4.78, 5) is 4.13. The van der Waals surface area contributed by atoms with E-state index >= 15 is 0 Å². The van der Waals surface area contributed by atoms with Gasteiger partial charge in [-0.2, -0.15) is 0 Å². The molecule has 2 rings (SSSR count). The summed E-state index contributed by atoms with van der Waals surface area (Å²) in [7, 11) is -1.99. The highest BCUT2D eigenvalue weighted by Crippen LogP contribution is 2.28. The first-order chi connectivity index (χ1) is 9.42. The van der Waals surface area contributed by atoms with Gasteiger partial charge in [-0.05, 0) is 40.2 Å². The molecule has 2 aromatic rings. The number of anilines is 2. The summed E-state index contributed by atoms with van der Waals surface area (Å²) < 4.78 is 28.6. The zero-order valence-corrected chi connectivity index (χ0v) is 14.4. The van der Waals surface area contributed by atoms with Crippen molar-refractivity contribution in [3.63, 3.8) is 0 Å². The molecule has 0 atom stereocenters. The van der Waals surface area contributed by atoms with Gasteiger partial charge < -0.3 is 5.32 Å². The molecule has 8 heteroatoms. The molecule has 0 fully saturated rings. The summed E-state index contributed by atoms with van der Waals surface area (Å²) >= 11 is 6.62. The van der Waals surface area contributed by atoms with Crippen LogP contribution in [0.2, 0.25) is 0 Å². The third-order valence-corrected chi connectivity index (χ3v) is 5.02. The molecule has 0 radical (unpaired) electrons. The molecule has 0 saturated heterocycles. The Hall–Kier alpha value is -1.12. The summed E-state index contributed by atoms with van der Waals surface area (Å²) in [6, 6.07) is 8.16. The maximum atomic E-state index is 12.3. The summed E-state index contributed by atoms with van der Waals surface area (Å²) in [5, 5.41) is 2.80. The van der Waals surface area contributed by atoms with Crippen molar-refractivity contribution < 1.29 is 8.42 Å². The zero-order valence-electron chi connectivity index (χ0n) is 10.4. The summed E-state index contributed by atoms with van der Waals surface area (Å²) in [5.74, 6) is 0.487. The molecular formula is C12H11Br2N3O2S. The van der Waals surface area contributed by atoms with E-state index in [1.54, 1.807) is 19.2 Å². The largest absolute Gasteiger partial charge is 0.373 e. The second-order valence-corrected chi connectivity index (χ2v) is 7.31. The molecule has 1 aromatic heterocycles. The molecule has 0 bridgehead atoms. The number of pyridine rings is 1. The van der Waals surface area contributed by atoms with Gasteiger partial charge >= 0.3 is 0 Å². The van der Waals surface area contributed by atoms with Gasteiger partial charge in [0.25, 0.3) is 10.0 Å². The van der Waals surface area contributed by atoms with Crippen molar-refractivity contribution in [2.24, 2.45) is 0 Å². The first-order valence-electron chi connectivity index (χ1n) is 5.54. The van der Waals surface area contributed by atoms with Crippen LogP contribution >= 0.6 is 31.9 Å². The number of aromatic nitrogens is 1. The van der Waals surface area contributed by atoms with Gasteiger partial charge in [0.05, 0.1) is 10.6 Å². The van der Waals surface area contributed by atoms with Gasteiger partial charge in [0.2, 0.25) is 0 Å². The normalized spacial score (nSPS) is 11.2. The lowest BCUT2D eigenvalue weighted by atomic mass is 10.3. The second kappa shape index (κ2) is 6.11. The fraction of sp³-hybridized carbons (Fsp3) is 0.0833. The van der Waals surface area contributed by atoms with Gasteiger partial charge in [-0.25, -0.2) is 13.4 Å². The molecule has 20 heavy (non-hydrogen) atoms. The molecule has 106 valence electrons. The molecule has 2 N–H and O–H groups in total. The van der Waals surface area contributed by atoms with Crippen molar-refractivity contribution in [2.75, 3.05) is 17.1 Å². The van der Waals surface area contributed by atoms with Gasteiger partial charge in [0.15, 0.2) is 0 Å². The first kappa shape index (κ1) is 15.3. The average Bonchev–Trinajstić information content (AvgIpc) is 2.43. The van der Waals surface area contributed by atoms with Crippen LogP contribution < -0.4 is 10.0 Å². The third kappa shape index (κ3) is 3.50. The topological polar surface area (TPSA) is 71.1 Å². The van der Waals surface area contributed by atoms with Crippen molar-refractivity contribution >= 4 is 53.4 Å². The average molecular weight is 421 g/mol. The van der Waals surface area contributed by atoms with E-state index in [1.807, 2.05) is 6.07 Å². The van der Waals surface area contributed by atoms with Gasteiger partial charge in [-0.15, -0.1) is 0 Å². The number of nitrogens with one attached hydrogen (secondary N) is 2. The number of hydrogen-bond donors (Lipinski definition) is 2. The first-order valence-corrected chi connectivity index (χ1v) is 8.61. The lowest BCUT2D eigenvalue weighted by Gasteiger charge is -2.11. The maximum absolute atomic E-state index is 12.3. The van der Waals surface area contributed by atoms with Crippen molar-refractivity contribution in [3.8, 4) is 0 Å². The Labute approximate surface area is 134 Å². The van der Waals surface area contributed by atoms with Gasteiger partial charge in [0.1, 0.15) is 5.82 Å². The van der Waals surface area contributed by atoms with Crippen molar-refractivity contribution in [3.05, 3.63) is 45.5 Å². The summed E-state index contributed by atoms with van der Waals surface area (Å²) in [5.41, 5.74) is 0.460. The number of nitrogens with zero attached hydrogens (tertiary/aromatic N) is 1. The SMILES string of the molecule is CNc1cc(S(=O)(=O)Nc2cc(Br)ccc2Br)ccn1. The second-order valence-electron chi connectivity index (χ2n) is 3.86. The molecule has 1 heterocycles. The van der Waals surface area contributed by atoms with E-state index in [-0.39, 0.29) is 4.90 Å². The molecule has 0 unspecified atom stereocenters. The minimum atomic E-state index is -3.67. The number of halogens is 2. The van der Waals surface area contributed by atoms with Crippen LogP contribution in [-0.2, 0) is 10.0 Å². The Morgan fingerprint density at radius 2 is 1.90 bits per heavy atom. The zero-order chi connectivity index (χ0) is 14.8. The highest BCUT2D eigenvalue weighted by atomic mass is 79.9. The number of benzene rings is 1. The van der Waals surface area contributed by atoms with Gasteiger partial charge in [-0.1, -0.05) is 15.9 Å². The molecule has 0 aliphatic carbocycles. The Morgan fingerprint density at radius 1 is 1.15 bits per heavy atom. The highest BCUT2D eigenvalue weighted by Gasteiger charge is 2.16. The van der Waals surface area contributed by atoms with E-state index in [9.17, 15) is 8.42 Å². The lowest BCUT2D eigenvalue weighted by molar-refractivity contribution is 0.601. The van der Waals surface area contributed by atoms with Crippen LogP contribution in [0.4, 0.5) is 11.5 Å². The third-order valence-electron chi connectivity index (χ3n) is 2.47. The van der Waals surface area contributed by atoms with Crippen LogP contribution in [-0.4, -0.2) is 20.4 Å². The van der Waals surface area contributed by atoms with E-state index in [2.05, 4.69) is 46.9 Å². The maximum Gasteiger partial charge on any atom is 0.262 e. The van der Waals surface area contributed by atoms with Crippen LogP contribution in [0.1, 0.15) is 0 Å². The van der Waals surface area contributed by atoms with E-state index in [0.29, 0.717) is 16.0 Å². The molecule has 0 spiro atoms. The van der Waals surface area contributed by atoms with E-state index < -0.39 is 10.0 Å². The van der Waals surface area contributed by atoms with Crippen LogP contribution in [0.25, 0.3) is 0 Å². The Morgan fingerprint density at radius 3 is 2.60 bits per heavy atom.